The maximum atomic E-state index is 13.9. The third-order valence-corrected chi connectivity index (χ3v) is 4.53. The van der Waals surface area contributed by atoms with Gasteiger partial charge in [-0.3, -0.25) is 4.79 Å². The van der Waals surface area contributed by atoms with Crippen molar-refractivity contribution in [2.24, 2.45) is 0 Å². The number of halogens is 1. The van der Waals surface area contributed by atoms with Crippen LogP contribution in [0.25, 0.3) is 5.65 Å². The summed E-state index contributed by atoms with van der Waals surface area (Å²) >= 11 is 0. The van der Waals surface area contributed by atoms with Crippen LogP contribution in [0.2, 0.25) is 0 Å². The molecular formula is C19H23FN6O2. The van der Waals surface area contributed by atoms with E-state index in [4.69, 9.17) is 0 Å². The zero-order valence-corrected chi connectivity index (χ0v) is 16.4. The molecule has 3 rings (SSSR count). The first-order valence-electron chi connectivity index (χ1n) is 9.12. The van der Waals surface area contributed by atoms with E-state index in [-0.39, 0.29) is 24.2 Å². The standard InChI is InChI=1S/C19H23FN6O2/c1-5-24(6-2)17(27)11-25-19(28)26-16(23-25)9-13(4)21-18(26)22-14-8-7-12(3)15(20)10-14/h7-10H,5-6,11H2,1-4H3,(H,21,22). The van der Waals surface area contributed by atoms with Crippen molar-refractivity contribution >= 4 is 23.2 Å². The second kappa shape index (κ2) is 7.79. The molecule has 8 nitrogen and oxygen atoms in total. The van der Waals surface area contributed by atoms with Gasteiger partial charge in [0.2, 0.25) is 11.9 Å². The number of anilines is 2. The van der Waals surface area contributed by atoms with Gasteiger partial charge in [-0.25, -0.2) is 23.3 Å². The van der Waals surface area contributed by atoms with Gasteiger partial charge >= 0.3 is 5.69 Å². The molecule has 9 heteroatoms. The predicted molar refractivity (Wildman–Crippen MR) is 104 cm³/mol. The number of benzene rings is 1. The molecule has 28 heavy (non-hydrogen) atoms. The molecule has 0 fully saturated rings. The normalized spacial score (nSPS) is 11.0. The molecule has 148 valence electrons. The molecule has 1 aromatic carbocycles. The number of nitrogens with zero attached hydrogens (tertiary/aromatic N) is 5. The van der Waals surface area contributed by atoms with E-state index in [0.717, 1.165) is 4.68 Å². The van der Waals surface area contributed by atoms with Crippen LogP contribution in [0.4, 0.5) is 16.0 Å². The van der Waals surface area contributed by atoms with Crippen LogP contribution >= 0.6 is 0 Å². The SMILES string of the molecule is CCN(CC)C(=O)Cn1nc2cc(C)nc(Nc3ccc(C)c(F)c3)n2c1=O. The zero-order valence-electron chi connectivity index (χ0n) is 16.4. The smallest absolute Gasteiger partial charge is 0.342 e. The molecule has 1 N–H and O–H groups in total. The summed E-state index contributed by atoms with van der Waals surface area (Å²) in [7, 11) is 0. The highest BCUT2D eigenvalue weighted by atomic mass is 19.1. The summed E-state index contributed by atoms with van der Waals surface area (Å²) in [6.45, 7) is 8.16. The zero-order chi connectivity index (χ0) is 20.4. The van der Waals surface area contributed by atoms with Crippen molar-refractivity contribution in [1.29, 1.82) is 0 Å². The van der Waals surface area contributed by atoms with Crippen molar-refractivity contribution in [2.45, 2.75) is 34.2 Å². The van der Waals surface area contributed by atoms with Gasteiger partial charge in [-0.1, -0.05) is 6.07 Å². The Morgan fingerprint density at radius 1 is 1.21 bits per heavy atom. The molecule has 0 atom stereocenters. The van der Waals surface area contributed by atoms with Gasteiger partial charge in [0.1, 0.15) is 12.4 Å². The maximum Gasteiger partial charge on any atom is 0.353 e. The second-order valence-corrected chi connectivity index (χ2v) is 6.51. The fourth-order valence-corrected chi connectivity index (χ4v) is 2.94. The number of likely N-dealkylation sites (N-methyl/N-ethyl adjacent to an activating group) is 1. The Kier molecular flexibility index (Phi) is 5.43. The van der Waals surface area contributed by atoms with Crippen molar-refractivity contribution in [2.75, 3.05) is 18.4 Å². The number of amides is 1. The first-order valence-corrected chi connectivity index (χ1v) is 9.12. The molecule has 0 saturated carbocycles. The summed E-state index contributed by atoms with van der Waals surface area (Å²) in [5.74, 6) is -0.332. The topological polar surface area (TPSA) is 84.5 Å². The summed E-state index contributed by atoms with van der Waals surface area (Å²) in [5.41, 5.74) is 1.49. The predicted octanol–water partition coefficient (Wildman–Crippen LogP) is 2.26. The monoisotopic (exact) mass is 386 g/mol. The molecule has 0 saturated heterocycles. The van der Waals surface area contributed by atoms with Crippen LogP contribution in [-0.2, 0) is 11.3 Å². The molecular weight excluding hydrogens is 363 g/mol. The van der Waals surface area contributed by atoms with E-state index in [1.807, 2.05) is 13.8 Å². The largest absolute Gasteiger partial charge is 0.353 e. The maximum absolute atomic E-state index is 13.9. The number of aromatic nitrogens is 4. The Labute approximate surface area is 161 Å². The first-order chi connectivity index (χ1) is 13.3. The number of carbonyl (C=O) groups excluding carboxylic acids is 1. The number of hydrogen-bond acceptors (Lipinski definition) is 5. The van der Waals surface area contributed by atoms with Gasteiger partial charge in [0.05, 0.1) is 0 Å². The molecule has 0 bridgehead atoms. The lowest BCUT2D eigenvalue weighted by Gasteiger charge is -2.17. The average molecular weight is 386 g/mol. The molecule has 1 amide bonds. The lowest BCUT2D eigenvalue weighted by molar-refractivity contribution is -0.131. The molecule has 0 aliphatic carbocycles. The van der Waals surface area contributed by atoms with E-state index < -0.39 is 5.69 Å². The van der Waals surface area contributed by atoms with Crippen molar-refractivity contribution in [1.82, 2.24) is 24.1 Å². The molecule has 0 unspecified atom stereocenters. The molecule has 0 aliphatic heterocycles. The van der Waals surface area contributed by atoms with E-state index in [0.29, 0.717) is 35.7 Å². The molecule has 2 aromatic heterocycles. The molecule has 0 aliphatic rings. The van der Waals surface area contributed by atoms with Crippen molar-refractivity contribution < 1.29 is 9.18 Å². The fraction of sp³-hybridized carbons (Fsp3) is 0.368. The van der Waals surface area contributed by atoms with Crippen LogP contribution in [0, 0.1) is 19.7 Å². The van der Waals surface area contributed by atoms with E-state index in [9.17, 15) is 14.0 Å². The van der Waals surface area contributed by atoms with Crippen LogP contribution in [0.1, 0.15) is 25.1 Å². The van der Waals surface area contributed by atoms with Crippen LogP contribution < -0.4 is 11.0 Å². The van der Waals surface area contributed by atoms with Crippen molar-refractivity contribution in [3.8, 4) is 0 Å². The van der Waals surface area contributed by atoms with Gasteiger partial charge in [0.25, 0.3) is 0 Å². The Balaban J connectivity index is 2.02. The van der Waals surface area contributed by atoms with Crippen LogP contribution in [-0.4, -0.2) is 43.1 Å². The number of hydrogen-bond donors (Lipinski definition) is 1. The van der Waals surface area contributed by atoms with Gasteiger partial charge in [0, 0.05) is 30.5 Å². The molecule has 0 radical (unpaired) electrons. The minimum Gasteiger partial charge on any atom is -0.342 e. The lowest BCUT2D eigenvalue weighted by atomic mass is 10.2. The van der Waals surface area contributed by atoms with E-state index in [1.54, 1.807) is 36.9 Å². The number of carbonyl (C=O) groups is 1. The second-order valence-electron chi connectivity index (χ2n) is 6.51. The number of fused-ring (bicyclic) bond motifs is 1. The first kappa shape index (κ1) is 19.5. The van der Waals surface area contributed by atoms with E-state index in [1.165, 1.54) is 10.5 Å². The van der Waals surface area contributed by atoms with Crippen LogP contribution in [0.5, 0.6) is 0 Å². The Morgan fingerprint density at radius 3 is 2.57 bits per heavy atom. The van der Waals surface area contributed by atoms with Crippen molar-refractivity contribution in [3.05, 3.63) is 51.8 Å². The Morgan fingerprint density at radius 2 is 1.93 bits per heavy atom. The highest BCUT2D eigenvalue weighted by Crippen LogP contribution is 2.18. The summed E-state index contributed by atoms with van der Waals surface area (Å²) in [5, 5.41) is 7.24. The minimum absolute atomic E-state index is 0.153. The van der Waals surface area contributed by atoms with Gasteiger partial charge < -0.3 is 10.2 Å². The number of aryl methyl sites for hydroxylation is 2. The summed E-state index contributed by atoms with van der Waals surface area (Å²) in [6, 6.07) is 6.33. The summed E-state index contributed by atoms with van der Waals surface area (Å²) in [6.07, 6.45) is 0. The summed E-state index contributed by atoms with van der Waals surface area (Å²) < 4.78 is 16.3. The Bertz CT molecular complexity index is 1080. The number of rotatable bonds is 6. The molecule has 2 heterocycles. The van der Waals surface area contributed by atoms with Gasteiger partial charge in [-0.2, -0.15) is 0 Å². The third kappa shape index (κ3) is 3.73. The number of nitrogens with one attached hydrogen (secondary N) is 1. The van der Waals surface area contributed by atoms with Gasteiger partial charge in [-0.15, -0.1) is 5.10 Å². The van der Waals surface area contributed by atoms with E-state index >= 15 is 0 Å². The van der Waals surface area contributed by atoms with Crippen LogP contribution in [0.15, 0.2) is 29.1 Å². The summed E-state index contributed by atoms with van der Waals surface area (Å²) in [4.78, 5) is 31.2. The molecule has 3 aromatic rings. The van der Waals surface area contributed by atoms with Gasteiger partial charge in [-0.05, 0) is 45.4 Å². The highest BCUT2D eigenvalue weighted by molar-refractivity contribution is 5.75. The van der Waals surface area contributed by atoms with Crippen molar-refractivity contribution in [3.63, 3.8) is 0 Å². The van der Waals surface area contributed by atoms with E-state index in [2.05, 4.69) is 15.4 Å². The van der Waals surface area contributed by atoms with Crippen LogP contribution in [0.3, 0.4) is 0 Å². The third-order valence-electron chi connectivity index (χ3n) is 4.53. The quantitative estimate of drug-likeness (QED) is 0.702. The fourth-order valence-electron chi connectivity index (χ4n) is 2.94. The minimum atomic E-state index is -0.488. The highest BCUT2D eigenvalue weighted by Gasteiger charge is 2.17. The average Bonchev–Trinajstić information content (AvgIpc) is 2.94. The Hall–Kier alpha value is -3.23. The lowest BCUT2D eigenvalue weighted by Crippen LogP contribution is -2.36. The molecule has 0 spiro atoms. The van der Waals surface area contributed by atoms with Gasteiger partial charge in [0.15, 0.2) is 5.65 Å².